The van der Waals surface area contributed by atoms with Gasteiger partial charge in [0.25, 0.3) is 0 Å². The summed E-state index contributed by atoms with van der Waals surface area (Å²) in [7, 11) is 2.00. The molecule has 1 aromatic rings. The molecule has 192 valence electrons. The Morgan fingerprint density at radius 1 is 1.18 bits per heavy atom. The maximum absolute atomic E-state index is 14.8. The fourth-order valence-electron chi connectivity index (χ4n) is 5.72. The first-order valence-corrected chi connectivity index (χ1v) is 13.2. The smallest absolute Gasteiger partial charge is 0.246 e. The Kier molecular flexibility index (Phi) is 11.2. The van der Waals surface area contributed by atoms with E-state index >= 15 is 0 Å². The van der Waals surface area contributed by atoms with Crippen LogP contribution in [0.15, 0.2) is 18.2 Å². The van der Waals surface area contributed by atoms with Crippen LogP contribution in [-0.4, -0.2) is 56.7 Å². The van der Waals surface area contributed by atoms with Gasteiger partial charge in [-0.25, -0.2) is 8.78 Å². The van der Waals surface area contributed by atoms with Gasteiger partial charge in [0.15, 0.2) is 11.6 Å². The van der Waals surface area contributed by atoms with Gasteiger partial charge in [-0.3, -0.25) is 9.69 Å². The maximum atomic E-state index is 14.8. The molecule has 1 aromatic carbocycles. The van der Waals surface area contributed by atoms with Crippen molar-refractivity contribution in [2.75, 3.05) is 39.8 Å². The lowest BCUT2D eigenvalue weighted by atomic mass is 9.83. The summed E-state index contributed by atoms with van der Waals surface area (Å²) >= 11 is 0. The maximum Gasteiger partial charge on any atom is 0.246 e. The summed E-state index contributed by atoms with van der Waals surface area (Å²) in [5.41, 5.74) is 0.215. The molecule has 1 aliphatic heterocycles. The first-order chi connectivity index (χ1) is 16.5. The highest BCUT2D eigenvalue weighted by molar-refractivity contribution is 5.77. The monoisotopic (exact) mass is 479 g/mol. The van der Waals surface area contributed by atoms with E-state index < -0.39 is 17.7 Å². The van der Waals surface area contributed by atoms with E-state index in [2.05, 4.69) is 15.5 Å². The number of rotatable bonds is 12. The lowest BCUT2D eigenvalue weighted by Gasteiger charge is -2.42. The number of piperidine rings is 1. The first kappa shape index (κ1) is 27.0. The third-order valence-electron chi connectivity index (χ3n) is 7.46. The summed E-state index contributed by atoms with van der Waals surface area (Å²) < 4.78 is 35.0. The van der Waals surface area contributed by atoms with Crippen LogP contribution in [0.5, 0.6) is 0 Å². The molecule has 3 atom stereocenters. The number of ether oxygens (including phenoxy) is 1. The van der Waals surface area contributed by atoms with E-state index in [1.165, 1.54) is 44.6 Å². The van der Waals surface area contributed by atoms with Gasteiger partial charge >= 0.3 is 0 Å². The summed E-state index contributed by atoms with van der Waals surface area (Å²) in [6, 6.07) is 4.67. The number of carbonyl (C=O) groups is 1. The number of halogens is 2. The van der Waals surface area contributed by atoms with Crippen LogP contribution in [-0.2, 0) is 9.53 Å². The molecule has 0 unspecified atom stereocenters. The van der Waals surface area contributed by atoms with Crippen LogP contribution in [0.2, 0.25) is 0 Å². The third kappa shape index (κ3) is 7.72. The quantitative estimate of drug-likeness (QED) is 0.451. The Balaban J connectivity index is 1.74. The average molecular weight is 480 g/mol. The molecule has 0 radical (unpaired) electrons. The highest BCUT2D eigenvalue weighted by Crippen LogP contribution is 2.36. The van der Waals surface area contributed by atoms with E-state index in [1.807, 2.05) is 14.0 Å². The molecule has 1 heterocycles. The number of hydrogen-bond acceptors (Lipinski definition) is 4. The number of amides is 1. The van der Waals surface area contributed by atoms with E-state index in [1.54, 1.807) is 6.07 Å². The summed E-state index contributed by atoms with van der Waals surface area (Å²) in [6.45, 7) is 5.09. The molecular weight excluding hydrogens is 436 g/mol. The van der Waals surface area contributed by atoms with Crippen molar-refractivity contribution in [3.8, 4) is 0 Å². The molecule has 1 saturated carbocycles. The van der Waals surface area contributed by atoms with Gasteiger partial charge in [-0.1, -0.05) is 51.2 Å². The van der Waals surface area contributed by atoms with Gasteiger partial charge in [-0.05, 0) is 51.3 Å². The van der Waals surface area contributed by atoms with Gasteiger partial charge < -0.3 is 15.4 Å². The summed E-state index contributed by atoms with van der Waals surface area (Å²) in [5.74, 6) is -1.20. The molecule has 0 spiro atoms. The Bertz CT molecular complexity index is 757. The molecule has 0 aromatic heterocycles. The zero-order valence-corrected chi connectivity index (χ0v) is 21.0. The summed E-state index contributed by atoms with van der Waals surface area (Å²) in [6.07, 6.45) is 9.82. The first-order valence-electron chi connectivity index (χ1n) is 13.2. The largest absolute Gasteiger partial charge is 0.363 e. The van der Waals surface area contributed by atoms with E-state index in [0.717, 1.165) is 50.9 Å². The average Bonchev–Trinajstić information content (AvgIpc) is 2.86. The van der Waals surface area contributed by atoms with Crippen LogP contribution in [0.25, 0.3) is 0 Å². The predicted octanol–water partition coefficient (Wildman–Crippen LogP) is 4.82. The van der Waals surface area contributed by atoms with Crippen LogP contribution >= 0.6 is 0 Å². The highest BCUT2D eigenvalue weighted by atomic mass is 19.2. The Morgan fingerprint density at radius 3 is 2.71 bits per heavy atom. The number of benzene rings is 1. The van der Waals surface area contributed by atoms with Gasteiger partial charge in [0.2, 0.25) is 5.91 Å². The van der Waals surface area contributed by atoms with Crippen LogP contribution in [0.3, 0.4) is 0 Å². The van der Waals surface area contributed by atoms with Crippen LogP contribution in [0.1, 0.15) is 76.4 Å². The number of hydrogen-bond donors (Lipinski definition) is 2. The van der Waals surface area contributed by atoms with E-state index in [9.17, 15) is 13.6 Å². The number of nitrogens with zero attached hydrogens (tertiary/aromatic N) is 1. The Labute approximate surface area is 204 Å². The molecule has 2 N–H and O–H groups in total. The standard InChI is InChI=1S/C27H43F2N3O2/c1-3-14-31-25(33)19-34-27(23-12-7-13-24(28)26(23)29)21-11-8-15-32(18-21)22(17-30-2)16-20-9-5-4-6-10-20/h7,12-13,20-22,27,30H,3-6,8-11,14-19H2,1-2H3,(H,31,33)/t21-,22+,27-/m1/s1. The highest BCUT2D eigenvalue weighted by Gasteiger charge is 2.35. The topological polar surface area (TPSA) is 53.6 Å². The Hall–Kier alpha value is -1.57. The normalized spacial score (nSPS) is 21.8. The van der Waals surface area contributed by atoms with Crippen LogP contribution in [0, 0.1) is 23.5 Å². The van der Waals surface area contributed by atoms with Crippen molar-refractivity contribution in [1.29, 1.82) is 0 Å². The van der Waals surface area contributed by atoms with Gasteiger partial charge in [-0.2, -0.15) is 0 Å². The molecule has 1 saturated heterocycles. The van der Waals surface area contributed by atoms with Crippen molar-refractivity contribution >= 4 is 5.91 Å². The van der Waals surface area contributed by atoms with Crippen molar-refractivity contribution in [2.45, 2.75) is 76.9 Å². The number of nitrogens with one attached hydrogen (secondary N) is 2. The van der Waals surface area contributed by atoms with Gasteiger partial charge in [0.1, 0.15) is 6.61 Å². The molecule has 3 rings (SSSR count). The van der Waals surface area contributed by atoms with E-state index in [-0.39, 0.29) is 24.0 Å². The number of carbonyl (C=O) groups excluding carboxylic acids is 1. The fourth-order valence-corrected chi connectivity index (χ4v) is 5.72. The van der Waals surface area contributed by atoms with Crippen molar-refractivity contribution < 1.29 is 18.3 Å². The number of likely N-dealkylation sites (N-methyl/N-ethyl adjacent to an activating group) is 1. The van der Waals surface area contributed by atoms with Crippen molar-refractivity contribution in [1.82, 2.24) is 15.5 Å². The third-order valence-corrected chi connectivity index (χ3v) is 7.46. The zero-order valence-electron chi connectivity index (χ0n) is 21.0. The zero-order chi connectivity index (χ0) is 24.3. The minimum absolute atomic E-state index is 0.00487. The van der Waals surface area contributed by atoms with E-state index in [4.69, 9.17) is 4.74 Å². The molecule has 7 heteroatoms. The number of likely N-dealkylation sites (tertiary alicyclic amines) is 1. The minimum atomic E-state index is -0.875. The minimum Gasteiger partial charge on any atom is -0.363 e. The summed E-state index contributed by atoms with van der Waals surface area (Å²) in [5, 5.41) is 6.18. The van der Waals surface area contributed by atoms with Crippen molar-refractivity contribution in [3.05, 3.63) is 35.4 Å². The fraction of sp³-hybridized carbons (Fsp3) is 0.741. The van der Waals surface area contributed by atoms with E-state index in [0.29, 0.717) is 12.6 Å². The van der Waals surface area contributed by atoms with Crippen molar-refractivity contribution in [3.63, 3.8) is 0 Å². The van der Waals surface area contributed by atoms with Crippen LogP contribution in [0.4, 0.5) is 8.78 Å². The van der Waals surface area contributed by atoms with Crippen molar-refractivity contribution in [2.24, 2.45) is 11.8 Å². The molecule has 1 aliphatic carbocycles. The van der Waals surface area contributed by atoms with Gasteiger partial charge in [0, 0.05) is 37.2 Å². The molecule has 0 bridgehead atoms. The molecule has 1 amide bonds. The lowest BCUT2D eigenvalue weighted by molar-refractivity contribution is -0.130. The van der Waals surface area contributed by atoms with Gasteiger partial charge in [0.05, 0.1) is 6.10 Å². The second kappa shape index (κ2) is 14.1. The SMILES string of the molecule is CCCNC(=O)CO[C@@H](c1cccc(F)c1F)[C@@H]1CCCN([C@H](CNC)CC2CCCCC2)C1. The molecular formula is C27H43F2N3O2. The summed E-state index contributed by atoms with van der Waals surface area (Å²) in [4.78, 5) is 14.7. The molecule has 2 fully saturated rings. The lowest BCUT2D eigenvalue weighted by Crippen LogP contribution is -2.49. The molecule has 2 aliphatic rings. The second-order valence-corrected chi connectivity index (χ2v) is 10.1. The van der Waals surface area contributed by atoms with Gasteiger partial charge in [-0.15, -0.1) is 0 Å². The molecule has 34 heavy (non-hydrogen) atoms. The second-order valence-electron chi connectivity index (χ2n) is 10.1. The predicted molar refractivity (Wildman–Crippen MR) is 132 cm³/mol. The molecule has 5 nitrogen and oxygen atoms in total. The van der Waals surface area contributed by atoms with Crippen LogP contribution < -0.4 is 10.6 Å². The Morgan fingerprint density at radius 2 is 1.97 bits per heavy atom.